The van der Waals surface area contributed by atoms with E-state index in [1.807, 2.05) is 7.05 Å². The van der Waals surface area contributed by atoms with Crippen LogP contribution in [0.5, 0.6) is 0 Å². The van der Waals surface area contributed by atoms with Gasteiger partial charge in [0.05, 0.1) is 0 Å². The van der Waals surface area contributed by atoms with Crippen LogP contribution < -0.4 is 5.32 Å². The van der Waals surface area contributed by atoms with Gasteiger partial charge < -0.3 is 5.32 Å². The van der Waals surface area contributed by atoms with Crippen molar-refractivity contribution in [3.05, 3.63) is 0 Å². The number of hydrogen-bond acceptors (Lipinski definition) is 2. The first-order valence-electron chi connectivity index (χ1n) is 5.48. The Bertz CT molecular complexity index is 154. The molecule has 0 aromatic carbocycles. The van der Waals surface area contributed by atoms with Crippen molar-refractivity contribution in [2.24, 2.45) is 0 Å². The monoisotopic (exact) mass is 184 g/mol. The van der Waals surface area contributed by atoms with Crippen molar-refractivity contribution in [3.63, 3.8) is 0 Å². The van der Waals surface area contributed by atoms with Gasteiger partial charge in [-0.05, 0) is 47.2 Å². The van der Waals surface area contributed by atoms with Gasteiger partial charge in [-0.15, -0.1) is 0 Å². The Morgan fingerprint density at radius 2 is 2.08 bits per heavy atom. The first-order valence-corrected chi connectivity index (χ1v) is 5.48. The molecule has 1 N–H and O–H groups in total. The lowest BCUT2D eigenvalue weighted by Crippen LogP contribution is -2.51. The van der Waals surface area contributed by atoms with Crippen LogP contribution in [0, 0.1) is 0 Å². The molecule has 0 bridgehead atoms. The van der Waals surface area contributed by atoms with Crippen LogP contribution in [0.3, 0.4) is 0 Å². The summed E-state index contributed by atoms with van der Waals surface area (Å²) in [5.41, 5.74) is 0.420. The zero-order valence-corrected chi connectivity index (χ0v) is 9.56. The van der Waals surface area contributed by atoms with E-state index in [0.29, 0.717) is 11.6 Å². The van der Waals surface area contributed by atoms with Gasteiger partial charge in [0.15, 0.2) is 0 Å². The number of nitrogens with one attached hydrogen (secondary N) is 1. The highest BCUT2D eigenvalue weighted by Gasteiger charge is 2.29. The highest BCUT2D eigenvalue weighted by Crippen LogP contribution is 2.26. The molecule has 0 amide bonds. The van der Waals surface area contributed by atoms with Gasteiger partial charge in [-0.2, -0.15) is 0 Å². The minimum atomic E-state index is 0.420. The third-order valence-corrected chi connectivity index (χ3v) is 3.31. The molecule has 2 nitrogen and oxygen atoms in total. The van der Waals surface area contributed by atoms with E-state index in [9.17, 15) is 0 Å². The van der Waals surface area contributed by atoms with Gasteiger partial charge in [-0.3, -0.25) is 4.90 Å². The lowest BCUT2D eigenvalue weighted by molar-refractivity contribution is 0.0693. The molecule has 78 valence electrons. The molecule has 13 heavy (non-hydrogen) atoms. The fourth-order valence-corrected chi connectivity index (χ4v) is 2.08. The fourth-order valence-electron chi connectivity index (χ4n) is 2.08. The number of hydrogen-bond donors (Lipinski definition) is 1. The van der Waals surface area contributed by atoms with E-state index in [1.165, 1.54) is 32.4 Å². The molecule has 1 aliphatic rings. The van der Waals surface area contributed by atoms with Gasteiger partial charge in [0.25, 0.3) is 0 Å². The van der Waals surface area contributed by atoms with Crippen LogP contribution in [0.15, 0.2) is 0 Å². The molecule has 1 rings (SSSR count). The Hall–Kier alpha value is -0.0800. The molecule has 2 heteroatoms. The molecule has 0 saturated carbocycles. The molecule has 1 unspecified atom stereocenters. The molecule has 1 saturated heterocycles. The highest BCUT2D eigenvalue weighted by atomic mass is 15.2. The number of piperidine rings is 1. The van der Waals surface area contributed by atoms with Crippen molar-refractivity contribution in [1.29, 1.82) is 0 Å². The van der Waals surface area contributed by atoms with Gasteiger partial charge in [0.1, 0.15) is 0 Å². The van der Waals surface area contributed by atoms with Crippen molar-refractivity contribution in [3.8, 4) is 0 Å². The predicted molar refractivity (Wildman–Crippen MR) is 58.0 cm³/mol. The second-order valence-electron chi connectivity index (χ2n) is 4.91. The summed E-state index contributed by atoms with van der Waals surface area (Å²) in [6.07, 6.45) is 4.13. The molecule has 0 aliphatic carbocycles. The third-order valence-electron chi connectivity index (χ3n) is 3.31. The Morgan fingerprint density at radius 1 is 1.38 bits per heavy atom. The smallest absolute Gasteiger partial charge is 0.0163 e. The van der Waals surface area contributed by atoms with Crippen LogP contribution in [-0.4, -0.2) is 36.6 Å². The molecule has 1 fully saturated rings. The summed E-state index contributed by atoms with van der Waals surface area (Å²) < 4.78 is 0. The van der Waals surface area contributed by atoms with Crippen LogP contribution in [-0.2, 0) is 0 Å². The zero-order chi connectivity index (χ0) is 9.90. The molecule has 0 spiro atoms. The SMILES string of the molecule is CNC(C)CN1CCCCC1(C)C. The Balaban J connectivity index is 2.46. The lowest BCUT2D eigenvalue weighted by Gasteiger charge is -2.43. The van der Waals surface area contributed by atoms with Crippen LogP contribution in [0.1, 0.15) is 40.0 Å². The van der Waals surface area contributed by atoms with Crippen LogP contribution in [0.25, 0.3) is 0 Å². The Labute approximate surface area is 82.7 Å². The highest BCUT2D eigenvalue weighted by molar-refractivity contribution is 4.86. The van der Waals surface area contributed by atoms with E-state index in [2.05, 4.69) is 31.0 Å². The summed E-state index contributed by atoms with van der Waals surface area (Å²) >= 11 is 0. The maximum Gasteiger partial charge on any atom is 0.0163 e. The van der Waals surface area contributed by atoms with Gasteiger partial charge in [-0.1, -0.05) is 6.42 Å². The van der Waals surface area contributed by atoms with E-state index >= 15 is 0 Å². The molecule has 0 radical (unpaired) electrons. The zero-order valence-electron chi connectivity index (χ0n) is 9.56. The van der Waals surface area contributed by atoms with Gasteiger partial charge in [0, 0.05) is 18.1 Å². The second-order valence-corrected chi connectivity index (χ2v) is 4.91. The van der Waals surface area contributed by atoms with Gasteiger partial charge in [0.2, 0.25) is 0 Å². The third kappa shape index (κ3) is 2.96. The average molecular weight is 184 g/mol. The van der Waals surface area contributed by atoms with E-state index in [0.717, 1.165) is 0 Å². The van der Waals surface area contributed by atoms with Crippen molar-refractivity contribution in [2.45, 2.75) is 51.6 Å². The minimum Gasteiger partial charge on any atom is -0.316 e. The van der Waals surface area contributed by atoms with Gasteiger partial charge in [-0.25, -0.2) is 0 Å². The standard InChI is InChI=1S/C11H24N2/c1-10(12-4)9-13-8-6-5-7-11(13,2)3/h10,12H,5-9H2,1-4H3. The Morgan fingerprint density at radius 3 is 2.62 bits per heavy atom. The van der Waals surface area contributed by atoms with E-state index in [1.54, 1.807) is 0 Å². The van der Waals surface area contributed by atoms with Crippen molar-refractivity contribution in [1.82, 2.24) is 10.2 Å². The largest absolute Gasteiger partial charge is 0.316 e. The predicted octanol–water partition coefficient (Wildman–Crippen LogP) is 1.86. The second kappa shape index (κ2) is 4.43. The van der Waals surface area contributed by atoms with Crippen molar-refractivity contribution >= 4 is 0 Å². The number of nitrogens with zero attached hydrogens (tertiary/aromatic N) is 1. The summed E-state index contributed by atoms with van der Waals surface area (Å²) in [7, 11) is 2.04. The van der Waals surface area contributed by atoms with Crippen molar-refractivity contribution < 1.29 is 0 Å². The lowest BCUT2D eigenvalue weighted by atomic mass is 9.90. The van der Waals surface area contributed by atoms with E-state index < -0.39 is 0 Å². The normalized spacial score (nSPS) is 25.8. The van der Waals surface area contributed by atoms with Crippen LogP contribution >= 0.6 is 0 Å². The Kier molecular flexibility index (Phi) is 3.74. The first-order chi connectivity index (χ1) is 6.06. The van der Waals surface area contributed by atoms with Crippen LogP contribution in [0.4, 0.5) is 0 Å². The number of likely N-dealkylation sites (tertiary alicyclic amines) is 1. The minimum absolute atomic E-state index is 0.420. The maximum atomic E-state index is 3.31. The van der Waals surface area contributed by atoms with E-state index in [-0.39, 0.29) is 0 Å². The molecular weight excluding hydrogens is 160 g/mol. The first kappa shape index (κ1) is 11.0. The van der Waals surface area contributed by atoms with E-state index in [4.69, 9.17) is 0 Å². The van der Waals surface area contributed by atoms with Gasteiger partial charge >= 0.3 is 0 Å². The molecule has 1 atom stereocenters. The molecule has 1 heterocycles. The quantitative estimate of drug-likeness (QED) is 0.720. The molecule has 0 aromatic rings. The summed E-state index contributed by atoms with van der Waals surface area (Å²) in [5, 5.41) is 3.31. The molecule has 1 aliphatic heterocycles. The number of rotatable bonds is 3. The summed E-state index contributed by atoms with van der Waals surface area (Å²) in [6, 6.07) is 0.609. The average Bonchev–Trinajstić information content (AvgIpc) is 2.08. The molecule has 0 aromatic heterocycles. The topological polar surface area (TPSA) is 15.3 Å². The summed E-state index contributed by atoms with van der Waals surface area (Å²) in [4.78, 5) is 2.62. The maximum absolute atomic E-state index is 3.31. The van der Waals surface area contributed by atoms with Crippen LogP contribution in [0.2, 0.25) is 0 Å². The summed E-state index contributed by atoms with van der Waals surface area (Å²) in [5.74, 6) is 0. The van der Waals surface area contributed by atoms with Crippen molar-refractivity contribution in [2.75, 3.05) is 20.1 Å². The number of likely N-dealkylation sites (N-methyl/N-ethyl adjacent to an activating group) is 1. The molecular formula is C11H24N2. The fraction of sp³-hybridized carbons (Fsp3) is 1.00. The summed E-state index contributed by atoms with van der Waals surface area (Å²) in [6.45, 7) is 9.45.